The first-order valence-corrected chi connectivity index (χ1v) is 9.65. The Morgan fingerprint density at radius 1 is 1.12 bits per heavy atom. The summed E-state index contributed by atoms with van der Waals surface area (Å²) in [5.41, 5.74) is 0.402. The number of rotatable bonds is 7. The molecule has 0 N–H and O–H groups in total. The number of benzene rings is 1. The first-order chi connectivity index (χ1) is 12.5. The van der Waals surface area contributed by atoms with Crippen LogP contribution in [0.25, 0.3) is 0 Å². The van der Waals surface area contributed by atoms with Crippen LogP contribution in [0.1, 0.15) is 24.2 Å². The molecule has 0 saturated carbocycles. The summed E-state index contributed by atoms with van der Waals surface area (Å²) in [5.74, 6) is 2.10. The van der Waals surface area contributed by atoms with Gasteiger partial charge in [-0.2, -0.15) is 0 Å². The molecule has 1 aromatic rings. The van der Waals surface area contributed by atoms with Crippen molar-refractivity contribution in [1.82, 2.24) is 9.80 Å². The van der Waals surface area contributed by atoms with Crippen LogP contribution in [0.3, 0.4) is 0 Å². The predicted molar refractivity (Wildman–Crippen MR) is 101 cm³/mol. The number of likely N-dealkylation sites (N-methyl/N-ethyl adjacent to an activating group) is 1. The van der Waals surface area contributed by atoms with Crippen LogP contribution in [-0.2, 0) is 4.79 Å². The summed E-state index contributed by atoms with van der Waals surface area (Å²) in [4.78, 5) is 29.2. The van der Waals surface area contributed by atoms with Gasteiger partial charge in [0.05, 0.1) is 27.2 Å². The average molecular weight is 382 g/mol. The van der Waals surface area contributed by atoms with E-state index in [4.69, 9.17) is 14.2 Å². The molecule has 0 aromatic heterocycles. The SMILES string of the molecule is CCN(CC)C(=O)C1CSCN1C(=O)c1cc(OC)c(OC)c(OC)c1. The van der Waals surface area contributed by atoms with Crippen LogP contribution >= 0.6 is 11.8 Å². The third-order valence-corrected chi connectivity index (χ3v) is 5.43. The lowest BCUT2D eigenvalue weighted by Crippen LogP contribution is -2.48. The van der Waals surface area contributed by atoms with Crippen molar-refractivity contribution in [3.8, 4) is 17.2 Å². The zero-order valence-electron chi connectivity index (χ0n) is 15.9. The number of carbonyl (C=O) groups excluding carboxylic acids is 2. The van der Waals surface area contributed by atoms with Gasteiger partial charge in [0.1, 0.15) is 6.04 Å². The van der Waals surface area contributed by atoms with E-state index in [2.05, 4.69) is 0 Å². The second-order valence-corrected chi connectivity index (χ2v) is 6.71. The van der Waals surface area contributed by atoms with Crippen LogP contribution in [0.5, 0.6) is 17.2 Å². The highest BCUT2D eigenvalue weighted by molar-refractivity contribution is 7.99. The van der Waals surface area contributed by atoms with Crippen molar-refractivity contribution in [3.05, 3.63) is 17.7 Å². The van der Waals surface area contributed by atoms with Crippen LogP contribution in [0.4, 0.5) is 0 Å². The van der Waals surface area contributed by atoms with Gasteiger partial charge in [-0.1, -0.05) is 0 Å². The monoisotopic (exact) mass is 382 g/mol. The van der Waals surface area contributed by atoms with Crippen molar-refractivity contribution in [2.45, 2.75) is 19.9 Å². The first kappa shape index (κ1) is 20.2. The van der Waals surface area contributed by atoms with Crippen molar-refractivity contribution in [3.63, 3.8) is 0 Å². The summed E-state index contributed by atoms with van der Waals surface area (Å²) in [7, 11) is 4.52. The maximum absolute atomic E-state index is 13.1. The molecule has 1 saturated heterocycles. The molecule has 7 nitrogen and oxygen atoms in total. The van der Waals surface area contributed by atoms with Gasteiger partial charge in [0.25, 0.3) is 5.91 Å². The van der Waals surface area contributed by atoms with Crippen LogP contribution in [0.2, 0.25) is 0 Å². The first-order valence-electron chi connectivity index (χ1n) is 8.49. The maximum atomic E-state index is 13.1. The smallest absolute Gasteiger partial charge is 0.255 e. The summed E-state index contributed by atoms with van der Waals surface area (Å²) >= 11 is 1.58. The van der Waals surface area contributed by atoms with Crippen LogP contribution in [0.15, 0.2) is 12.1 Å². The van der Waals surface area contributed by atoms with Crippen molar-refractivity contribution < 1.29 is 23.8 Å². The Kier molecular flexibility index (Phi) is 7.02. The van der Waals surface area contributed by atoms with Crippen molar-refractivity contribution in [2.24, 2.45) is 0 Å². The summed E-state index contributed by atoms with van der Waals surface area (Å²) in [6, 6.07) is 2.78. The zero-order valence-corrected chi connectivity index (χ0v) is 16.7. The van der Waals surface area contributed by atoms with E-state index in [1.807, 2.05) is 13.8 Å². The Morgan fingerprint density at radius 3 is 2.15 bits per heavy atom. The molecule has 1 aliphatic heterocycles. The fourth-order valence-corrected chi connectivity index (χ4v) is 4.11. The maximum Gasteiger partial charge on any atom is 0.255 e. The van der Waals surface area contributed by atoms with Crippen molar-refractivity contribution in [2.75, 3.05) is 46.0 Å². The summed E-state index contributed by atoms with van der Waals surface area (Å²) < 4.78 is 15.9. The predicted octanol–water partition coefficient (Wildman–Crippen LogP) is 2.10. The lowest BCUT2D eigenvalue weighted by molar-refractivity contribution is -0.134. The fraction of sp³-hybridized carbons (Fsp3) is 0.556. The minimum absolute atomic E-state index is 0.0132. The number of amides is 2. The van der Waals surface area contributed by atoms with Crippen LogP contribution in [-0.4, -0.2) is 73.7 Å². The van der Waals surface area contributed by atoms with Crippen molar-refractivity contribution >= 4 is 23.6 Å². The van der Waals surface area contributed by atoms with E-state index in [-0.39, 0.29) is 11.8 Å². The normalized spacial score (nSPS) is 16.3. The number of methoxy groups -OCH3 is 3. The van der Waals surface area contributed by atoms with E-state index in [0.29, 0.717) is 47.5 Å². The molecule has 26 heavy (non-hydrogen) atoms. The molecule has 2 amide bonds. The minimum Gasteiger partial charge on any atom is -0.493 e. The Bertz CT molecular complexity index is 638. The highest BCUT2D eigenvalue weighted by Gasteiger charge is 2.37. The second-order valence-electron chi connectivity index (χ2n) is 5.72. The molecular weight excluding hydrogens is 356 g/mol. The number of nitrogens with zero attached hydrogens (tertiary/aromatic N) is 2. The summed E-state index contributed by atoms with van der Waals surface area (Å²) in [6.45, 7) is 5.13. The standard InChI is InChI=1S/C18H26N2O5S/c1-6-19(7-2)18(22)13-10-26-11-20(13)17(21)12-8-14(23-3)16(25-5)15(9-12)24-4/h8-9,13H,6-7,10-11H2,1-5H3. The molecule has 2 rings (SSSR count). The zero-order chi connectivity index (χ0) is 19.3. The molecule has 1 atom stereocenters. The van der Waals surface area contributed by atoms with E-state index in [1.54, 1.807) is 33.7 Å². The highest BCUT2D eigenvalue weighted by atomic mass is 32.2. The van der Waals surface area contributed by atoms with E-state index in [9.17, 15) is 9.59 Å². The molecular formula is C18H26N2O5S. The van der Waals surface area contributed by atoms with Gasteiger partial charge in [0, 0.05) is 24.4 Å². The van der Waals surface area contributed by atoms with E-state index in [0.717, 1.165) is 0 Å². The Hall–Kier alpha value is -2.09. The molecule has 1 aliphatic rings. The van der Waals surface area contributed by atoms with E-state index >= 15 is 0 Å². The van der Waals surface area contributed by atoms with Crippen molar-refractivity contribution in [1.29, 1.82) is 0 Å². The largest absolute Gasteiger partial charge is 0.493 e. The fourth-order valence-electron chi connectivity index (χ4n) is 2.96. The third-order valence-electron chi connectivity index (χ3n) is 4.42. The summed E-state index contributed by atoms with van der Waals surface area (Å²) in [6.07, 6.45) is 0. The van der Waals surface area contributed by atoms with Gasteiger partial charge in [-0.05, 0) is 26.0 Å². The van der Waals surface area contributed by atoms with E-state index < -0.39 is 6.04 Å². The van der Waals surface area contributed by atoms with Crippen LogP contribution < -0.4 is 14.2 Å². The minimum atomic E-state index is -0.452. The van der Waals surface area contributed by atoms with Gasteiger partial charge in [0.2, 0.25) is 11.7 Å². The Labute approximate surface area is 158 Å². The molecule has 8 heteroatoms. The molecule has 1 fully saturated rings. The van der Waals surface area contributed by atoms with Crippen LogP contribution in [0, 0.1) is 0 Å². The van der Waals surface area contributed by atoms with E-state index in [1.165, 1.54) is 21.3 Å². The number of hydrogen-bond donors (Lipinski definition) is 0. The average Bonchev–Trinajstić information content (AvgIpc) is 3.16. The van der Waals surface area contributed by atoms with Gasteiger partial charge in [0.15, 0.2) is 11.5 Å². The summed E-state index contributed by atoms with van der Waals surface area (Å²) in [5, 5.41) is 0. The number of carbonyl (C=O) groups is 2. The third kappa shape index (κ3) is 3.85. The highest BCUT2D eigenvalue weighted by Crippen LogP contribution is 2.39. The molecule has 0 spiro atoms. The number of thioether (sulfide) groups is 1. The Morgan fingerprint density at radius 2 is 1.69 bits per heavy atom. The molecule has 1 heterocycles. The molecule has 144 valence electrons. The van der Waals surface area contributed by atoms with Gasteiger partial charge < -0.3 is 24.0 Å². The molecule has 1 unspecified atom stereocenters. The van der Waals surface area contributed by atoms with Gasteiger partial charge in [-0.15, -0.1) is 11.8 Å². The quantitative estimate of drug-likeness (QED) is 0.719. The number of ether oxygens (including phenoxy) is 3. The lowest BCUT2D eigenvalue weighted by atomic mass is 10.1. The molecule has 0 bridgehead atoms. The van der Waals surface area contributed by atoms with Gasteiger partial charge >= 0.3 is 0 Å². The van der Waals surface area contributed by atoms with Gasteiger partial charge in [-0.25, -0.2) is 0 Å². The number of hydrogen-bond acceptors (Lipinski definition) is 6. The molecule has 0 radical (unpaired) electrons. The lowest BCUT2D eigenvalue weighted by Gasteiger charge is -2.28. The molecule has 1 aromatic carbocycles. The molecule has 0 aliphatic carbocycles. The van der Waals surface area contributed by atoms with Gasteiger partial charge in [-0.3, -0.25) is 9.59 Å². The Balaban J connectivity index is 2.34. The topological polar surface area (TPSA) is 68.3 Å². The second kappa shape index (κ2) is 9.02.